The van der Waals surface area contributed by atoms with Crippen LogP contribution in [0.3, 0.4) is 0 Å². The molecule has 0 radical (unpaired) electrons. The highest BCUT2D eigenvalue weighted by molar-refractivity contribution is 5.30. The van der Waals surface area contributed by atoms with Gasteiger partial charge in [-0.3, -0.25) is 0 Å². The number of aliphatic hydroxyl groups is 1. The van der Waals surface area contributed by atoms with Gasteiger partial charge in [0.15, 0.2) is 5.82 Å². The summed E-state index contributed by atoms with van der Waals surface area (Å²) >= 11 is 0. The van der Waals surface area contributed by atoms with Gasteiger partial charge >= 0.3 is 0 Å². The van der Waals surface area contributed by atoms with Crippen LogP contribution in [0.5, 0.6) is 5.75 Å². The molecule has 3 N–H and O–H groups in total. The van der Waals surface area contributed by atoms with E-state index in [0.717, 1.165) is 11.3 Å². The molecule has 0 amide bonds. The summed E-state index contributed by atoms with van der Waals surface area (Å²) in [6.07, 6.45) is -0.210. The summed E-state index contributed by atoms with van der Waals surface area (Å²) < 4.78 is 10.2. The van der Waals surface area contributed by atoms with Crippen LogP contribution in [0.15, 0.2) is 28.8 Å². The molecule has 0 bridgehead atoms. The summed E-state index contributed by atoms with van der Waals surface area (Å²) in [5.74, 6) is 1.55. The molecular weight excluding hydrogens is 246 g/mol. The highest BCUT2D eigenvalue weighted by Crippen LogP contribution is 2.16. The summed E-state index contributed by atoms with van der Waals surface area (Å²) in [4.78, 5) is 4.18. The summed E-state index contributed by atoms with van der Waals surface area (Å²) in [5.41, 5.74) is 6.74. The van der Waals surface area contributed by atoms with E-state index in [9.17, 15) is 5.11 Å². The van der Waals surface area contributed by atoms with E-state index in [4.69, 9.17) is 15.0 Å². The highest BCUT2D eigenvalue weighted by atomic mass is 16.5. The molecule has 0 aliphatic rings. The molecule has 2 rings (SSSR count). The zero-order valence-corrected chi connectivity index (χ0v) is 10.9. The molecular formula is C13H17N3O3. The van der Waals surface area contributed by atoms with Crippen molar-refractivity contribution >= 4 is 0 Å². The molecule has 1 aromatic heterocycles. The molecule has 0 saturated heterocycles. The smallest absolute Gasteiger partial charge is 0.246 e. The van der Waals surface area contributed by atoms with Crippen molar-refractivity contribution in [2.45, 2.75) is 25.5 Å². The fourth-order valence-electron chi connectivity index (χ4n) is 1.65. The van der Waals surface area contributed by atoms with Gasteiger partial charge in [-0.15, -0.1) is 0 Å². The summed E-state index contributed by atoms with van der Waals surface area (Å²) in [6, 6.07) is 6.97. The zero-order valence-electron chi connectivity index (χ0n) is 10.9. The minimum Gasteiger partial charge on any atom is -0.497 e. The van der Waals surface area contributed by atoms with E-state index < -0.39 is 12.1 Å². The van der Waals surface area contributed by atoms with E-state index in [0.29, 0.717) is 12.2 Å². The zero-order chi connectivity index (χ0) is 13.8. The standard InChI is InChI=1S/C13H17N3O3/c1-8(17)12(14)13-15-11(16-19-13)7-9-4-3-5-10(6-9)18-2/h3-6,8,12,17H,7,14H2,1-2H3. The van der Waals surface area contributed by atoms with Crippen molar-refractivity contribution in [1.29, 1.82) is 0 Å². The molecule has 0 saturated carbocycles. The largest absolute Gasteiger partial charge is 0.497 e. The molecule has 102 valence electrons. The fourth-order valence-corrected chi connectivity index (χ4v) is 1.65. The molecule has 6 nitrogen and oxygen atoms in total. The molecule has 2 aromatic rings. The first-order valence-corrected chi connectivity index (χ1v) is 5.99. The Morgan fingerprint density at radius 3 is 2.95 bits per heavy atom. The molecule has 0 fully saturated rings. The van der Waals surface area contributed by atoms with Crippen LogP contribution >= 0.6 is 0 Å². The molecule has 0 aliphatic heterocycles. The van der Waals surface area contributed by atoms with Gasteiger partial charge in [-0.2, -0.15) is 4.98 Å². The topological polar surface area (TPSA) is 94.4 Å². The Balaban J connectivity index is 2.11. The molecule has 19 heavy (non-hydrogen) atoms. The summed E-state index contributed by atoms with van der Waals surface area (Å²) in [5, 5.41) is 13.2. The maximum atomic E-state index is 9.37. The number of methoxy groups -OCH3 is 1. The molecule has 0 aliphatic carbocycles. The van der Waals surface area contributed by atoms with Crippen molar-refractivity contribution in [2.24, 2.45) is 5.73 Å². The van der Waals surface area contributed by atoms with Crippen molar-refractivity contribution in [3.8, 4) is 5.75 Å². The third-order valence-electron chi connectivity index (χ3n) is 2.79. The van der Waals surface area contributed by atoms with Gasteiger partial charge in [0, 0.05) is 6.42 Å². The maximum absolute atomic E-state index is 9.37. The van der Waals surface area contributed by atoms with Crippen LogP contribution in [-0.4, -0.2) is 28.5 Å². The molecule has 0 spiro atoms. The first kappa shape index (κ1) is 13.5. The third kappa shape index (κ3) is 3.30. The SMILES string of the molecule is COc1cccc(Cc2noc(C(N)C(C)O)n2)c1. The second kappa shape index (κ2) is 5.81. The van der Waals surface area contributed by atoms with Gasteiger partial charge in [-0.25, -0.2) is 0 Å². The quantitative estimate of drug-likeness (QED) is 0.837. The number of hydrogen-bond donors (Lipinski definition) is 2. The Kier molecular flexibility index (Phi) is 4.13. The number of aliphatic hydroxyl groups excluding tert-OH is 1. The normalized spacial score (nSPS) is 14.1. The molecule has 6 heteroatoms. The fraction of sp³-hybridized carbons (Fsp3) is 0.385. The third-order valence-corrected chi connectivity index (χ3v) is 2.79. The van der Waals surface area contributed by atoms with Gasteiger partial charge in [0.1, 0.15) is 11.8 Å². The van der Waals surface area contributed by atoms with Crippen LogP contribution in [0.2, 0.25) is 0 Å². The van der Waals surface area contributed by atoms with E-state index in [1.54, 1.807) is 14.0 Å². The van der Waals surface area contributed by atoms with Gasteiger partial charge in [-0.05, 0) is 24.6 Å². The predicted molar refractivity (Wildman–Crippen MR) is 68.7 cm³/mol. The van der Waals surface area contributed by atoms with Crippen molar-refractivity contribution in [2.75, 3.05) is 7.11 Å². The lowest BCUT2D eigenvalue weighted by Crippen LogP contribution is -2.23. The van der Waals surface area contributed by atoms with Crippen LogP contribution < -0.4 is 10.5 Å². The maximum Gasteiger partial charge on any atom is 0.246 e. The van der Waals surface area contributed by atoms with Gasteiger partial charge in [0.2, 0.25) is 5.89 Å². The van der Waals surface area contributed by atoms with E-state index in [-0.39, 0.29) is 5.89 Å². The second-order valence-corrected chi connectivity index (χ2v) is 4.34. The van der Waals surface area contributed by atoms with Gasteiger partial charge < -0.3 is 20.1 Å². The number of ether oxygens (including phenoxy) is 1. The van der Waals surface area contributed by atoms with E-state index >= 15 is 0 Å². The molecule has 1 heterocycles. The van der Waals surface area contributed by atoms with E-state index in [2.05, 4.69) is 10.1 Å². The predicted octanol–water partition coefficient (Wildman–Crippen LogP) is 1.05. The van der Waals surface area contributed by atoms with Crippen LogP contribution in [0.4, 0.5) is 0 Å². The second-order valence-electron chi connectivity index (χ2n) is 4.34. The van der Waals surface area contributed by atoms with Crippen LogP contribution in [0, 0.1) is 0 Å². The van der Waals surface area contributed by atoms with Crippen LogP contribution in [0.25, 0.3) is 0 Å². The average Bonchev–Trinajstić information content (AvgIpc) is 2.86. The Hall–Kier alpha value is -1.92. The van der Waals surface area contributed by atoms with Crippen LogP contribution in [0.1, 0.15) is 30.2 Å². The Labute approximate surface area is 111 Å². The molecule has 2 atom stereocenters. The Bertz CT molecular complexity index is 539. The van der Waals surface area contributed by atoms with Crippen molar-refractivity contribution in [1.82, 2.24) is 10.1 Å². The number of nitrogens with zero attached hydrogens (tertiary/aromatic N) is 2. The molecule has 1 aromatic carbocycles. The number of hydrogen-bond acceptors (Lipinski definition) is 6. The number of benzene rings is 1. The van der Waals surface area contributed by atoms with Gasteiger partial charge in [0.05, 0.1) is 13.2 Å². The van der Waals surface area contributed by atoms with Crippen molar-refractivity contribution in [3.05, 3.63) is 41.5 Å². The number of nitrogens with two attached hydrogens (primary N) is 1. The molecule has 2 unspecified atom stereocenters. The lowest BCUT2D eigenvalue weighted by Gasteiger charge is -2.08. The minimum absolute atomic E-state index is 0.243. The van der Waals surface area contributed by atoms with Crippen molar-refractivity contribution < 1.29 is 14.4 Å². The first-order chi connectivity index (χ1) is 9.10. The minimum atomic E-state index is -0.731. The van der Waals surface area contributed by atoms with Gasteiger partial charge in [-0.1, -0.05) is 17.3 Å². The average molecular weight is 263 g/mol. The monoisotopic (exact) mass is 263 g/mol. The Morgan fingerprint density at radius 2 is 2.26 bits per heavy atom. The van der Waals surface area contributed by atoms with Crippen molar-refractivity contribution in [3.63, 3.8) is 0 Å². The highest BCUT2D eigenvalue weighted by Gasteiger charge is 2.19. The van der Waals surface area contributed by atoms with Crippen LogP contribution in [-0.2, 0) is 6.42 Å². The van der Waals surface area contributed by atoms with E-state index in [1.807, 2.05) is 24.3 Å². The lowest BCUT2D eigenvalue weighted by atomic mass is 10.1. The number of aromatic nitrogens is 2. The summed E-state index contributed by atoms with van der Waals surface area (Å²) in [7, 11) is 1.62. The number of rotatable bonds is 5. The lowest BCUT2D eigenvalue weighted by molar-refractivity contribution is 0.146. The Morgan fingerprint density at radius 1 is 1.47 bits per heavy atom. The van der Waals surface area contributed by atoms with Gasteiger partial charge in [0.25, 0.3) is 0 Å². The first-order valence-electron chi connectivity index (χ1n) is 5.99. The van der Waals surface area contributed by atoms with E-state index in [1.165, 1.54) is 0 Å². The summed E-state index contributed by atoms with van der Waals surface area (Å²) in [6.45, 7) is 1.58.